The molecule has 0 unspecified atom stereocenters. The van der Waals surface area contributed by atoms with Gasteiger partial charge in [-0.2, -0.15) is 0 Å². The summed E-state index contributed by atoms with van der Waals surface area (Å²) in [5.74, 6) is 0.902. The predicted molar refractivity (Wildman–Crippen MR) is 58.0 cm³/mol. The second-order valence-electron chi connectivity index (χ2n) is 3.75. The molecule has 0 heterocycles. The number of methoxy groups -OCH3 is 1. The molecule has 3 heteroatoms. The molecule has 76 valence electrons. The number of halogens is 1. The average Bonchev–Trinajstić information content (AvgIpc) is 2.15. The Hall–Kier alpha value is -0.730. The van der Waals surface area contributed by atoms with Crippen molar-refractivity contribution in [3.63, 3.8) is 0 Å². The molecular formula is C11H14ClNO. The van der Waals surface area contributed by atoms with E-state index in [1.54, 1.807) is 7.11 Å². The number of ether oxygens (including phenoxy) is 1. The van der Waals surface area contributed by atoms with Gasteiger partial charge in [-0.15, -0.1) is 0 Å². The number of fused-ring (bicyclic) bond motifs is 1. The van der Waals surface area contributed by atoms with E-state index in [4.69, 9.17) is 22.1 Å². The van der Waals surface area contributed by atoms with Crippen LogP contribution >= 0.6 is 11.6 Å². The highest BCUT2D eigenvalue weighted by atomic mass is 35.5. The van der Waals surface area contributed by atoms with Gasteiger partial charge in [-0.3, -0.25) is 0 Å². The van der Waals surface area contributed by atoms with Crippen molar-refractivity contribution in [3.8, 4) is 5.75 Å². The van der Waals surface area contributed by atoms with Gasteiger partial charge in [0.1, 0.15) is 5.75 Å². The third kappa shape index (κ3) is 1.72. The standard InChI is InChI=1S/C11H14ClNO/c1-14-11-6-8(12)4-7-5-9(13)2-3-10(7)11/h4,6,9H,2-3,5,13H2,1H3/t9-/m0/s1. The van der Waals surface area contributed by atoms with Crippen LogP contribution in [0.3, 0.4) is 0 Å². The molecule has 1 atom stereocenters. The van der Waals surface area contributed by atoms with Crippen LogP contribution < -0.4 is 10.5 Å². The number of benzene rings is 1. The first kappa shape index (κ1) is 9.81. The van der Waals surface area contributed by atoms with E-state index in [-0.39, 0.29) is 6.04 Å². The van der Waals surface area contributed by atoms with Crippen molar-refractivity contribution < 1.29 is 4.74 Å². The maximum atomic E-state index is 5.99. The zero-order valence-electron chi connectivity index (χ0n) is 8.22. The first-order chi connectivity index (χ1) is 6.70. The topological polar surface area (TPSA) is 35.2 Å². The summed E-state index contributed by atoms with van der Waals surface area (Å²) >= 11 is 5.99. The van der Waals surface area contributed by atoms with Gasteiger partial charge in [0.05, 0.1) is 7.11 Å². The van der Waals surface area contributed by atoms with Crippen molar-refractivity contribution in [3.05, 3.63) is 28.3 Å². The fourth-order valence-electron chi connectivity index (χ4n) is 2.03. The Morgan fingerprint density at radius 1 is 1.50 bits per heavy atom. The van der Waals surface area contributed by atoms with Gasteiger partial charge in [-0.05, 0) is 42.5 Å². The first-order valence-corrected chi connectivity index (χ1v) is 5.19. The second-order valence-corrected chi connectivity index (χ2v) is 4.19. The molecule has 0 spiro atoms. The Kier molecular flexibility index (Phi) is 2.66. The quantitative estimate of drug-likeness (QED) is 0.773. The van der Waals surface area contributed by atoms with Crippen molar-refractivity contribution in [2.75, 3.05) is 7.11 Å². The molecule has 1 aliphatic carbocycles. The molecular weight excluding hydrogens is 198 g/mol. The van der Waals surface area contributed by atoms with Crippen LogP contribution in [0.15, 0.2) is 12.1 Å². The summed E-state index contributed by atoms with van der Waals surface area (Å²) in [6, 6.07) is 4.14. The molecule has 0 fully saturated rings. The third-order valence-electron chi connectivity index (χ3n) is 2.73. The van der Waals surface area contributed by atoms with Crippen molar-refractivity contribution in [1.29, 1.82) is 0 Å². The Labute approximate surface area is 89.0 Å². The summed E-state index contributed by atoms with van der Waals surface area (Å²) in [7, 11) is 1.68. The van der Waals surface area contributed by atoms with E-state index in [0.717, 1.165) is 30.0 Å². The van der Waals surface area contributed by atoms with Crippen LogP contribution in [0.1, 0.15) is 17.5 Å². The Morgan fingerprint density at radius 2 is 2.29 bits per heavy atom. The molecule has 1 aromatic rings. The Morgan fingerprint density at radius 3 is 3.00 bits per heavy atom. The fraction of sp³-hybridized carbons (Fsp3) is 0.455. The lowest BCUT2D eigenvalue weighted by Crippen LogP contribution is -2.28. The lowest BCUT2D eigenvalue weighted by Gasteiger charge is -2.23. The molecule has 0 radical (unpaired) electrons. The lowest BCUT2D eigenvalue weighted by atomic mass is 9.88. The van der Waals surface area contributed by atoms with Gasteiger partial charge in [-0.25, -0.2) is 0 Å². The number of nitrogens with two attached hydrogens (primary N) is 1. The van der Waals surface area contributed by atoms with Crippen molar-refractivity contribution in [1.82, 2.24) is 0 Å². The van der Waals surface area contributed by atoms with E-state index in [1.807, 2.05) is 12.1 Å². The van der Waals surface area contributed by atoms with Crippen LogP contribution in [0.25, 0.3) is 0 Å². The van der Waals surface area contributed by atoms with Gasteiger partial charge >= 0.3 is 0 Å². The summed E-state index contributed by atoms with van der Waals surface area (Å²) in [6.07, 6.45) is 2.94. The van der Waals surface area contributed by atoms with Gasteiger partial charge in [0, 0.05) is 11.1 Å². The van der Waals surface area contributed by atoms with Gasteiger partial charge < -0.3 is 10.5 Å². The maximum Gasteiger partial charge on any atom is 0.123 e. The molecule has 1 aromatic carbocycles. The van der Waals surface area contributed by atoms with Gasteiger partial charge in [0.15, 0.2) is 0 Å². The lowest BCUT2D eigenvalue weighted by molar-refractivity contribution is 0.404. The molecule has 14 heavy (non-hydrogen) atoms. The minimum atomic E-state index is 0.269. The van der Waals surface area contributed by atoms with Crippen molar-refractivity contribution in [2.24, 2.45) is 5.73 Å². The largest absolute Gasteiger partial charge is 0.496 e. The van der Waals surface area contributed by atoms with E-state index in [9.17, 15) is 0 Å². The first-order valence-electron chi connectivity index (χ1n) is 4.81. The van der Waals surface area contributed by atoms with Gasteiger partial charge in [0.2, 0.25) is 0 Å². The van der Waals surface area contributed by atoms with Crippen molar-refractivity contribution >= 4 is 11.6 Å². The highest BCUT2D eigenvalue weighted by Gasteiger charge is 2.19. The van der Waals surface area contributed by atoms with Crippen molar-refractivity contribution in [2.45, 2.75) is 25.3 Å². The minimum absolute atomic E-state index is 0.269. The SMILES string of the molecule is COc1cc(Cl)cc2c1CC[C@H](N)C2. The van der Waals surface area contributed by atoms with E-state index < -0.39 is 0 Å². The normalized spacial score (nSPS) is 20.4. The number of rotatable bonds is 1. The van der Waals surface area contributed by atoms with E-state index in [1.165, 1.54) is 11.1 Å². The van der Waals surface area contributed by atoms with Crippen LogP contribution in [-0.2, 0) is 12.8 Å². The van der Waals surface area contributed by atoms with Crippen LogP contribution in [0.2, 0.25) is 5.02 Å². The summed E-state index contributed by atoms with van der Waals surface area (Å²) < 4.78 is 5.30. The highest BCUT2D eigenvalue weighted by molar-refractivity contribution is 6.30. The zero-order chi connectivity index (χ0) is 10.1. The monoisotopic (exact) mass is 211 g/mol. The van der Waals surface area contributed by atoms with E-state index >= 15 is 0 Å². The summed E-state index contributed by atoms with van der Waals surface area (Å²) in [5.41, 5.74) is 8.43. The molecule has 0 saturated heterocycles. The van der Waals surface area contributed by atoms with Gasteiger partial charge in [-0.1, -0.05) is 11.6 Å². The predicted octanol–water partition coefficient (Wildman–Crippen LogP) is 2.16. The van der Waals surface area contributed by atoms with Crippen LogP contribution in [-0.4, -0.2) is 13.2 Å². The van der Waals surface area contributed by atoms with Crippen LogP contribution in [0, 0.1) is 0 Å². The van der Waals surface area contributed by atoms with Crippen LogP contribution in [0.5, 0.6) is 5.75 Å². The maximum absolute atomic E-state index is 5.99. The van der Waals surface area contributed by atoms with E-state index in [2.05, 4.69) is 0 Å². The number of hydrogen-bond acceptors (Lipinski definition) is 2. The highest BCUT2D eigenvalue weighted by Crippen LogP contribution is 2.32. The summed E-state index contributed by atoms with van der Waals surface area (Å²) in [5, 5.41) is 0.731. The van der Waals surface area contributed by atoms with Crippen LogP contribution in [0.4, 0.5) is 0 Å². The van der Waals surface area contributed by atoms with Gasteiger partial charge in [0.25, 0.3) is 0 Å². The summed E-state index contributed by atoms with van der Waals surface area (Å²) in [6.45, 7) is 0. The molecule has 0 saturated carbocycles. The molecule has 0 aliphatic heterocycles. The molecule has 2 N–H and O–H groups in total. The second kappa shape index (κ2) is 3.79. The Bertz CT molecular complexity index is 351. The summed E-state index contributed by atoms with van der Waals surface area (Å²) in [4.78, 5) is 0. The third-order valence-corrected chi connectivity index (χ3v) is 2.95. The zero-order valence-corrected chi connectivity index (χ0v) is 8.97. The average molecular weight is 212 g/mol. The Balaban J connectivity index is 2.46. The molecule has 0 bridgehead atoms. The molecule has 2 nitrogen and oxygen atoms in total. The fourth-order valence-corrected chi connectivity index (χ4v) is 2.26. The molecule has 0 amide bonds. The molecule has 0 aromatic heterocycles. The smallest absolute Gasteiger partial charge is 0.123 e. The molecule has 1 aliphatic rings. The van der Waals surface area contributed by atoms with E-state index in [0.29, 0.717) is 0 Å². The molecule has 2 rings (SSSR count). The minimum Gasteiger partial charge on any atom is -0.496 e. The number of hydrogen-bond donors (Lipinski definition) is 1.